The topological polar surface area (TPSA) is 67.4 Å². The van der Waals surface area contributed by atoms with Crippen molar-refractivity contribution in [2.75, 3.05) is 18.5 Å². The molecule has 5 heteroatoms. The molecule has 2 amide bonds. The monoisotopic (exact) mass is 340 g/mol. The Morgan fingerprint density at radius 1 is 1.00 bits per heavy atom. The van der Waals surface area contributed by atoms with Crippen LogP contribution in [0, 0.1) is 0 Å². The van der Waals surface area contributed by atoms with E-state index in [9.17, 15) is 9.59 Å². The lowest BCUT2D eigenvalue weighted by Gasteiger charge is -2.11. The van der Waals surface area contributed by atoms with Gasteiger partial charge in [0.15, 0.2) is 0 Å². The summed E-state index contributed by atoms with van der Waals surface area (Å²) < 4.78 is 5.22. The Balaban J connectivity index is 1.86. The summed E-state index contributed by atoms with van der Waals surface area (Å²) in [6.45, 7) is 2.93. The third-order valence-electron chi connectivity index (χ3n) is 3.67. The average molecular weight is 340 g/mol. The first-order valence-corrected chi connectivity index (χ1v) is 8.55. The van der Waals surface area contributed by atoms with E-state index in [1.807, 2.05) is 37.3 Å². The summed E-state index contributed by atoms with van der Waals surface area (Å²) in [4.78, 5) is 24.2. The van der Waals surface area contributed by atoms with Gasteiger partial charge in [0.1, 0.15) is 0 Å². The summed E-state index contributed by atoms with van der Waals surface area (Å²) in [7, 11) is 0. The van der Waals surface area contributed by atoms with Crippen molar-refractivity contribution in [2.45, 2.75) is 26.2 Å². The minimum Gasteiger partial charge on any atom is -0.462 e. The molecule has 25 heavy (non-hydrogen) atoms. The summed E-state index contributed by atoms with van der Waals surface area (Å²) in [5, 5.41) is 5.51. The van der Waals surface area contributed by atoms with E-state index < -0.39 is 5.97 Å². The molecule has 2 aromatic carbocycles. The standard InChI is InChI=1S/C20H24N2O3/c1-2-3-15-25-19(23)17-11-7-8-12-18(17)22-20(24)21-14-13-16-9-5-4-6-10-16/h4-12H,2-3,13-15H2,1H3,(H2,21,22,24). The maximum Gasteiger partial charge on any atom is 0.340 e. The van der Waals surface area contributed by atoms with E-state index in [4.69, 9.17) is 4.74 Å². The van der Waals surface area contributed by atoms with E-state index >= 15 is 0 Å². The third-order valence-corrected chi connectivity index (χ3v) is 3.67. The van der Waals surface area contributed by atoms with Crippen LogP contribution in [-0.2, 0) is 11.2 Å². The van der Waals surface area contributed by atoms with Crippen molar-refractivity contribution in [1.29, 1.82) is 0 Å². The van der Waals surface area contributed by atoms with Crippen molar-refractivity contribution < 1.29 is 14.3 Å². The Morgan fingerprint density at radius 3 is 2.48 bits per heavy atom. The van der Waals surface area contributed by atoms with Gasteiger partial charge >= 0.3 is 12.0 Å². The number of amides is 2. The zero-order valence-corrected chi connectivity index (χ0v) is 14.5. The summed E-state index contributed by atoms with van der Waals surface area (Å²) in [6.07, 6.45) is 2.52. The molecule has 2 aromatic rings. The van der Waals surface area contributed by atoms with Crippen molar-refractivity contribution in [1.82, 2.24) is 5.32 Å². The van der Waals surface area contributed by atoms with Gasteiger partial charge in [-0.05, 0) is 30.5 Å². The number of hydrogen-bond donors (Lipinski definition) is 2. The molecular weight excluding hydrogens is 316 g/mol. The predicted molar refractivity (Wildman–Crippen MR) is 98.8 cm³/mol. The van der Waals surface area contributed by atoms with Crippen LogP contribution in [-0.4, -0.2) is 25.2 Å². The maximum atomic E-state index is 12.1. The summed E-state index contributed by atoms with van der Waals surface area (Å²) in [6, 6.07) is 16.4. The summed E-state index contributed by atoms with van der Waals surface area (Å²) >= 11 is 0. The Bertz CT molecular complexity index is 686. The van der Waals surface area contributed by atoms with E-state index in [0.717, 1.165) is 24.8 Å². The van der Waals surface area contributed by atoms with Gasteiger partial charge in [-0.3, -0.25) is 0 Å². The Kier molecular flexibility index (Phi) is 7.50. The molecule has 0 spiro atoms. The molecule has 0 aromatic heterocycles. The SMILES string of the molecule is CCCCOC(=O)c1ccccc1NC(=O)NCCc1ccccc1. The van der Waals surface area contributed by atoms with Gasteiger partial charge in [0.25, 0.3) is 0 Å². The van der Waals surface area contributed by atoms with Crippen LogP contribution in [0.1, 0.15) is 35.7 Å². The zero-order valence-electron chi connectivity index (χ0n) is 14.5. The van der Waals surface area contributed by atoms with Crippen LogP contribution >= 0.6 is 0 Å². The molecule has 0 bridgehead atoms. The second-order valence-electron chi connectivity index (χ2n) is 5.65. The number of rotatable bonds is 8. The van der Waals surface area contributed by atoms with Crippen molar-refractivity contribution in [3.05, 3.63) is 65.7 Å². The lowest BCUT2D eigenvalue weighted by Crippen LogP contribution is -2.31. The Morgan fingerprint density at radius 2 is 1.72 bits per heavy atom. The van der Waals surface area contributed by atoms with Crippen LogP contribution in [0.4, 0.5) is 10.5 Å². The number of unbranched alkanes of at least 4 members (excludes halogenated alkanes) is 1. The van der Waals surface area contributed by atoms with Gasteiger partial charge in [0.05, 0.1) is 17.9 Å². The quantitative estimate of drug-likeness (QED) is 0.563. The molecule has 0 aliphatic rings. The van der Waals surface area contributed by atoms with Gasteiger partial charge in [0, 0.05) is 6.54 Å². The highest BCUT2D eigenvalue weighted by molar-refractivity contribution is 6.00. The van der Waals surface area contributed by atoms with Gasteiger partial charge in [-0.25, -0.2) is 9.59 Å². The number of nitrogens with one attached hydrogen (secondary N) is 2. The van der Waals surface area contributed by atoms with Gasteiger partial charge < -0.3 is 15.4 Å². The number of para-hydroxylation sites is 1. The molecule has 0 fully saturated rings. The highest BCUT2D eigenvalue weighted by atomic mass is 16.5. The fourth-order valence-corrected chi connectivity index (χ4v) is 2.29. The predicted octanol–water partition coefficient (Wildman–Crippen LogP) is 4.01. The van der Waals surface area contributed by atoms with Crippen LogP contribution in [0.15, 0.2) is 54.6 Å². The molecule has 0 radical (unpaired) electrons. The molecule has 5 nitrogen and oxygen atoms in total. The number of carbonyl (C=O) groups is 2. The smallest absolute Gasteiger partial charge is 0.340 e. The van der Waals surface area contributed by atoms with E-state index in [-0.39, 0.29) is 6.03 Å². The molecule has 132 valence electrons. The van der Waals surface area contributed by atoms with Gasteiger partial charge in [-0.2, -0.15) is 0 Å². The second kappa shape index (κ2) is 10.1. The molecule has 0 saturated carbocycles. The van der Waals surface area contributed by atoms with E-state index in [1.54, 1.807) is 24.3 Å². The van der Waals surface area contributed by atoms with Crippen molar-refractivity contribution >= 4 is 17.7 Å². The number of ether oxygens (including phenoxy) is 1. The molecule has 2 N–H and O–H groups in total. The fourth-order valence-electron chi connectivity index (χ4n) is 2.29. The maximum absolute atomic E-state index is 12.1. The number of anilines is 1. The minimum absolute atomic E-state index is 0.343. The largest absolute Gasteiger partial charge is 0.462 e. The van der Waals surface area contributed by atoms with Crippen LogP contribution in [0.25, 0.3) is 0 Å². The van der Waals surface area contributed by atoms with Gasteiger partial charge in [-0.15, -0.1) is 0 Å². The fraction of sp³-hybridized carbons (Fsp3) is 0.300. The normalized spacial score (nSPS) is 10.1. The molecule has 0 heterocycles. The molecule has 2 rings (SSSR count). The van der Waals surface area contributed by atoms with Crippen LogP contribution < -0.4 is 10.6 Å². The zero-order chi connectivity index (χ0) is 17.9. The van der Waals surface area contributed by atoms with Gasteiger partial charge in [0.2, 0.25) is 0 Å². The molecular formula is C20H24N2O3. The molecule has 0 aliphatic carbocycles. The summed E-state index contributed by atoms with van der Waals surface area (Å²) in [5.74, 6) is -0.423. The first kappa shape index (κ1) is 18.5. The second-order valence-corrected chi connectivity index (χ2v) is 5.65. The summed E-state index contributed by atoms with van der Waals surface area (Å²) in [5.41, 5.74) is 1.96. The highest BCUT2D eigenvalue weighted by Gasteiger charge is 2.14. The molecule has 0 saturated heterocycles. The Labute approximate surface area is 148 Å². The number of esters is 1. The Hall–Kier alpha value is -2.82. The lowest BCUT2D eigenvalue weighted by atomic mass is 10.1. The van der Waals surface area contributed by atoms with E-state index in [0.29, 0.717) is 24.4 Å². The molecule has 0 aliphatic heterocycles. The van der Waals surface area contributed by atoms with E-state index in [2.05, 4.69) is 10.6 Å². The first-order chi connectivity index (χ1) is 12.2. The van der Waals surface area contributed by atoms with E-state index in [1.165, 1.54) is 0 Å². The first-order valence-electron chi connectivity index (χ1n) is 8.55. The number of carbonyl (C=O) groups excluding carboxylic acids is 2. The lowest BCUT2D eigenvalue weighted by molar-refractivity contribution is 0.0501. The average Bonchev–Trinajstić information content (AvgIpc) is 2.63. The van der Waals surface area contributed by atoms with Crippen molar-refractivity contribution in [3.8, 4) is 0 Å². The molecule has 0 atom stereocenters. The number of benzene rings is 2. The van der Waals surface area contributed by atoms with Crippen LogP contribution in [0.5, 0.6) is 0 Å². The third kappa shape index (κ3) is 6.30. The van der Waals surface area contributed by atoms with Crippen LogP contribution in [0.2, 0.25) is 0 Å². The molecule has 0 unspecified atom stereocenters. The van der Waals surface area contributed by atoms with Crippen LogP contribution in [0.3, 0.4) is 0 Å². The number of hydrogen-bond acceptors (Lipinski definition) is 3. The van der Waals surface area contributed by atoms with Crippen molar-refractivity contribution in [3.63, 3.8) is 0 Å². The highest BCUT2D eigenvalue weighted by Crippen LogP contribution is 2.16. The number of urea groups is 1. The van der Waals surface area contributed by atoms with Crippen molar-refractivity contribution in [2.24, 2.45) is 0 Å². The minimum atomic E-state index is -0.423. The van der Waals surface area contributed by atoms with Gasteiger partial charge in [-0.1, -0.05) is 55.8 Å².